The molecule has 0 bridgehead atoms. The number of nitrogens with one attached hydrogen (secondary N) is 1. The summed E-state index contributed by atoms with van der Waals surface area (Å²) in [6.07, 6.45) is 9.05. The predicted octanol–water partition coefficient (Wildman–Crippen LogP) is 3.64. The summed E-state index contributed by atoms with van der Waals surface area (Å²) < 4.78 is 7.19. The number of piperidine rings is 1. The molecule has 3 N–H and O–H groups in total. The number of carbonyl (C=O) groups is 2. The minimum atomic E-state index is -0.505. The molecule has 2 aliphatic carbocycles. The smallest absolute Gasteiger partial charge is 0.299 e. The van der Waals surface area contributed by atoms with E-state index in [1.807, 2.05) is 27.6 Å². The van der Waals surface area contributed by atoms with E-state index < -0.39 is 5.54 Å². The van der Waals surface area contributed by atoms with Crippen LogP contribution < -0.4 is 15.8 Å². The van der Waals surface area contributed by atoms with Crippen LogP contribution in [-0.2, 0) is 10.3 Å². The highest BCUT2D eigenvalue weighted by Gasteiger charge is 2.87. The van der Waals surface area contributed by atoms with Gasteiger partial charge in [-0.15, -0.1) is 0 Å². The number of benzene rings is 1. The van der Waals surface area contributed by atoms with Gasteiger partial charge in [0.25, 0.3) is 11.8 Å². The van der Waals surface area contributed by atoms with Crippen molar-refractivity contribution in [2.75, 3.05) is 18.2 Å². The molecular formula is C30H27N7O3. The Morgan fingerprint density at radius 3 is 2.65 bits per heavy atom. The minimum absolute atomic E-state index is 0.145. The molecule has 0 radical (unpaired) electrons. The highest BCUT2D eigenvalue weighted by molar-refractivity contribution is 6.04. The quantitative estimate of drug-likeness (QED) is 0.296. The first-order valence-electron chi connectivity index (χ1n) is 13.3. The average Bonchev–Trinajstić information content (AvgIpc) is 3.30. The highest BCUT2D eigenvalue weighted by atomic mass is 16.5. The fourth-order valence-corrected chi connectivity index (χ4v) is 7.09. The molecule has 1 aromatic carbocycles. The number of anilines is 2. The van der Waals surface area contributed by atoms with Crippen molar-refractivity contribution in [2.45, 2.75) is 43.7 Å². The van der Waals surface area contributed by atoms with Crippen molar-refractivity contribution in [2.24, 2.45) is 5.92 Å². The summed E-state index contributed by atoms with van der Waals surface area (Å²) in [6, 6.07) is 10.5. The van der Waals surface area contributed by atoms with Crippen LogP contribution in [0.3, 0.4) is 0 Å². The standard InChI is InChI=1S/C30H27N7O3/c1-3-4-23(38)37-29-12-9-20(29)10-13-30(29,37)28-35-24(25-26(31)33-15-16-36(25)28)18-5-7-19(8-6-18)27(39)34-22-17-21(40-2)11-14-32-22/h5-8,11,14-17,20H,9-10,12-13H2,1-2H3,(H2,31,33)(H,32,34,39). The second-order valence-electron chi connectivity index (χ2n) is 10.5. The molecular weight excluding hydrogens is 506 g/mol. The third-order valence-corrected chi connectivity index (χ3v) is 8.87. The van der Waals surface area contributed by atoms with Gasteiger partial charge in [-0.1, -0.05) is 18.1 Å². The second-order valence-corrected chi connectivity index (χ2v) is 10.5. The number of rotatable bonds is 5. The van der Waals surface area contributed by atoms with Gasteiger partial charge in [-0.25, -0.2) is 15.0 Å². The summed E-state index contributed by atoms with van der Waals surface area (Å²) in [6.45, 7) is 1.69. The van der Waals surface area contributed by atoms with E-state index >= 15 is 0 Å². The summed E-state index contributed by atoms with van der Waals surface area (Å²) >= 11 is 0. The molecule has 40 heavy (non-hydrogen) atoms. The van der Waals surface area contributed by atoms with E-state index in [1.165, 1.54) is 0 Å². The van der Waals surface area contributed by atoms with Crippen molar-refractivity contribution in [3.8, 4) is 28.8 Å². The number of nitrogen functional groups attached to an aromatic ring is 1. The Bertz CT molecular complexity index is 1770. The van der Waals surface area contributed by atoms with Gasteiger partial charge < -0.3 is 20.7 Å². The minimum Gasteiger partial charge on any atom is -0.497 e. The van der Waals surface area contributed by atoms with Crippen LogP contribution in [0.4, 0.5) is 11.6 Å². The summed E-state index contributed by atoms with van der Waals surface area (Å²) in [5, 5.41) is 2.79. The molecule has 1 aliphatic heterocycles. The number of pyridine rings is 1. The lowest BCUT2D eigenvalue weighted by molar-refractivity contribution is -0.124. The topological polar surface area (TPSA) is 128 Å². The first-order valence-corrected chi connectivity index (χ1v) is 13.3. The third kappa shape index (κ3) is 3.09. The van der Waals surface area contributed by atoms with E-state index in [1.54, 1.807) is 50.7 Å². The number of imidazole rings is 1. The van der Waals surface area contributed by atoms with Crippen LogP contribution in [-0.4, -0.2) is 48.7 Å². The number of nitrogens with two attached hydrogens (primary N) is 1. The van der Waals surface area contributed by atoms with E-state index in [2.05, 4.69) is 27.1 Å². The molecule has 1 spiro atoms. The molecule has 3 fully saturated rings. The van der Waals surface area contributed by atoms with E-state index in [0.29, 0.717) is 40.1 Å². The van der Waals surface area contributed by atoms with Gasteiger partial charge in [-0.3, -0.25) is 14.0 Å². The van der Waals surface area contributed by atoms with Crippen molar-refractivity contribution < 1.29 is 14.3 Å². The zero-order chi connectivity index (χ0) is 27.6. The lowest BCUT2D eigenvalue weighted by atomic mass is 9.71. The number of hydrogen-bond donors (Lipinski definition) is 2. The summed E-state index contributed by atoms with van der Waals surface area (Å²) in [5.74, 6) is 7.70. The summed E-state index contributed by atoms with van der Waals surface area (Å²) in [7, 11) is 1.56. The Balaban J connectivity index is 1.27. The largest absolute Gasteiger partial charge is 0.497 e. The molecule has 3 unspecified atom stereocenters. The fourth-order valence-electron chi connectivity index (χ4n) is 7.09. The van der Waals surface area contributed by atoms with Crippen LogP contribution in [0.1, 0.15) is 48.8 Å². The van der Waals surface area contributed by atoms with E-state index in [4.69, 9.17) is 15.5 Å². The molecule has 200 valence electrons. The number of methoxy groups -OCH3 is 1. The maximum atomic E-state index is 13.2. The molecule has 10 heteroatoms. The van der Waals surface area contributed by atoms with Gasteiger partial charge in [0.1, 0.15) is 40.0 Å². The molecule has 3 aliphatic rings. The van der Waals surface area contributed by atoms with Crippen molar-refractivity contribution in [1.82, 2.24) is 24.3 Å². The Hall–Kier alpha value is -4.91. The highest BCUT2D eigenvalue weighted by Crippen LogP contribution is 2.77. The number of aromatic nitrogens is 4. The first-order chi connectivity index (χ1) is 19.4. The van der Waals surface area contributed by atoms with Gasteiger partial charge in [0.2, 0.25) is 0 Å². The van der Waals surface area contributed by atoms with Crippen molar-refractivity contribution in [3.63, 3.8) is 0 Å². The van der Waals surface area contributed by atoms with Crippen LogP contribution in [0.2, 0.25) is 0 Å². The number of carbonyl (C=O) groups excluding carboxylic acids is 2. The maximum absolute atomic E-state index is 13.2. The molecule has 3 aromatic heterocycles. The number of ether oxygens (including phenoxy) is 1. The average molecular weight is 534 g/mol. The Morgan fingerprint density at radius 1 is 1.12 bits per heavy atom. The lowest BCUT2D eigenvalue weighted by Crippen LogP contribution is -2.39. The monoisotopic (exact) mass is 533 g/mol. The van der Waals surface area contributed by atoms with Gasteiger partial charge in [0.05, 0.1) is 12.6 Å². The first kappa shape index (κ1) is 24.2. The SMILES string of the molecule is CC#CC(=O)N1C2(c3nc(-c4ccc(C(=O)Nc5cc(OC)ccn5)cc4)c4c(N)nccn34)CCC3CCC312. The Kier molecular flexibility index (Phi) is 5.16. The van der Waals surface area contributed by atoms with Crippen LogP contribution in [0.15, 0.2) is 55.0 Å². The number of nitrogens with zero attached hydrogens (tertiary/aromatic N) is 5. The second kappa shape index (κ2) is 8.55. The predicted molar refractivity (Wildman–Crippen MR) is 148 cm³/mol. The summed E-state index contributed by atoms with van der Waals surface area (Å²) in [5.41, 5.74) is 8.29. The van der Waals surface area contributed by atoms with Crippen molar-refractivity contribution in [1.29, 1.82) is 0 Å². The molecule has 1 saturated heterocycles. The Morgan fingerprint density at radius 2 is 1.93 bits per heavy atom. The molecule has 2 saturated carbocycles. The molecule has 4 aromatic rings. The van der Waals surface area contributed by atoms with Crippen LogP contribution in [0, 0.1) is 17.8 Å². The van der Waals surface area contributed by atoms with E-state index in [0.717, 1.165) is 37.1 Å². The fraction of sp³-hybridized carbons (Fsp3) is 0.300. The molecule has 7 rings (SSSR count). The normalized spacial score (nSPS) is 23.9. The van der Waals surface area contributed by atoms with Crippen LogP contribution in [0.25, 0.3) is 16.8 Å². The van der Waals surface area contributed by atoms with Crippen LogP contribution >= 0.6 is 0 Å². The van der Waals surface area contributed by atoms with E-state index in [-0.39, 0.29) is 17.4 Å². The number of fused-ring (bicyclic) bond motifs is 1. The van der Waals surface area contributed by atoms with Gasteiger partial charge in [-0.05, 0) is 62.6 Å². The van der Waals surface area contributed by atoms with E-state index in [9.17, 15) is 9.59 Å². The zero-order valence-electron chi connectivity index (χ0n) is 22.1. The van der Waals surface area contributed by atoms with Gasteiger partial charge in [0.15, 0.2) is 0 Å². The third-order valence-electron chi connectivity index (χ3n) is 8.87. The Labute approximate surface area is 230 Å². The number of hydrogen-bond acceptors (Lipinski definition) is 7. The lowest BCUT2D eigenvalue weighted by Gasteiger charge is -2.34. The molecule has 4 heterocycles. The molecule has 10 nitrogen and oxygen atoms in total. The molecule has 3 atom stereocenters. The van der Waals surface area contributed by atoms with Gasteiger partial charge in [0, 0.05) is 35.8 Å². The summed E-state index contributed by atoms with van der Waals surface area (Å²) in [4.78, 5) is 41.7. The molecule has 2 amide bonds. The number of likely N-dealkylation sites (tertiary alicyclic amines) is 1. The maximum Gasteiger partial charge on any atom is 0.299 e. The zero-order valence-corrected chi connectivity index (χ0v) is 22.1. The van der Waals surface area contributed by atoms with Crippen molar-refractivity contribution >= 4 is 29.0 Å². The van der Waals surface area contributed by atoms with Crippen LogP contribution in [0.5, 0.6) is 5.75 Å². The van der Waals surface area contributed by atoms with Gasteiger partial charge in [-0.2, -0.15) is 0 Å². The number of amides is 2. The van der Waals surface area contributed by atoms with Crippen molar-refractivity contribution in [3.05, 3.63) is 66.4 Å². The van der Waals surface area contributed by atoms with Gasteiger partial charge >= 0.3 is 0 Å².